The molecule has 152 valence electrons. The topological polar surface area (TPSA) is 21.8 Å². The van der Waals surface area contributed by atoms with Gasteiger partial charge in [-0.05, 0) is 57.2 Å². The van der Waals surface area contributed by atoms with Gasteiger partial charge in [0.05, 0.1) is 6.61 Å². The summed E-state index contributed by atoms with van der Waals surface area (Å²) in [6.45, 7) is 5.68. The maximum Gasteiger partial charge on any atom is 0.123 e. The minimum Gasteiger partial charge on any atom is -0.491 e. The van der Waals surface area contributed by atoms with Gasteiger partial charge < -0.3 is 9.47 Å². The Morgan fingerprint density at radius 1 is 0.889 bits per heavy atom. The minimum absolute atomic E-state index is 0.0368. The van der Waals surface area contributed by atoms with Crippen molar-refractivity contribution in [1.29, 1.82) is 0 Å². The van der Waals surface area contributed by atoms with Crippen LogP contribution < -0.4 is 4.74 Å². The molecule has 0 bridgehead atoms. The molecule has 0 aromatic heterocycles. The number of hydrogen-bond acceptors (Lipinski definition) is 2. The molecule has 0 radical (unpaired) electrons. The fourth-order valence-corrected chi connectivity index (χ4v) is 3.37. The van der Waals surface area contributed by atoms with E-state index < -0.39 is 0 Å². The van der Waals surface area contributed by atoms with Crippen LogP contribution in [0.2, 0.25) is 0 Å². The molecule has 1 aliphatic rings. The Hall–Kier alpha value is -1.28. The number of allylic oxidation sites excluding steroid dienone is 2. The molecule has 2 rings (SSSR count). The molecule has 1 unspecified atom stereocenters. The first-order chi connectivity index (χ1) is 13.2. The fourth-order valence-electron chi connectivity index (χ4n) is 3.37. The molecule has 1 aromatic carbocycles. The average Bonchev–Trinajstić information content (AvgIpc) is 3.42. The molecule has 0 amide bonds. The molecular weight excluding hydrogens is 332 g/mol. The molecule has 1 aromatic rings. The first kappa shape index (κ1) is 22.0. The van der Waals surface area contributed by atoms with Crippen LogP contribution in [0.4, 0.5) is 0 Å². The van der Waals surface area contributed by atoms with Gasteiger partial charge in [-0.1, -0.05) is 75.7 Å². The molecule has 2 nitrogen and oxygen atoms in total. The number of hydrogen-bond donors (Lipinski definition) is 0. The first-order valence-electron chi connectivity index (χ1n) is 11.2. The van der Waals surface area contributed by atoms with Crippen molar-refractivity contribution in [3.63, 3.8) is 0 Å². The van der Waals surface area contributed by atoms with Gasteiger partial charge in [0.1, 0.15) is 18.0 Å². The van der Waals surface area contributed by atoms with Crippen molar-refractivity contribution in [3.8, 4) is 5.75 Å². The van der Waals surface area contributed by atoms with Gasteiger partial charge >= 0.3 is 0 Å². The van der Waals surface area contributed by atoms with E-state index in [1.54, 1.807) is 0 Å². The number of unbranched alkanes of at least 4 members (excludes halogenated alkanes) is 10. The van der Waals surface area contributed by atoms with Crippen LogP contribution in [-0.4, -0.2) is 18.8 Å². The number of epoxide rings is 1. The van der Waals surface area contributed by atoms with Crippen molar-refractivity contribution in [2.24, 2.45) is 0 Å². The minimum atomic E-state index is -0.0368. The highest BCUT2D eigenvalue weighted by Crippen LogP contribution is 2.27. The zero-order valence-electron chi connectivity index (χ0n) is 17.7. The maximum atomic E-state index is 5.78. The lowest BCUT2D eigenvalue weighted by atomic mass is 10.0. The van der Waals surface area contributed by atoms with Crippen molar-refractivity contribution < 1.29 is 9.47 Å². The molecular formula is C25H40O2. The Bertz CT molecular complexity index is 514. The summed E-state index contributed by atoms with van der Waals surface area (Å²) in [4.78, 5) is 0. The molecule has 1 atom stereocenters. The largest absolute Gasteiger partial charge is 0.491 e. The van der Waals surface area contributed by atoms with Gasteiger partial charge in [-0.3, -0.25) is 0 Å². The third-order valence-corrected chi connectivity index (χ3v) is 5.43. The molecule has 2 heteroatoms. The first-order valence-corrected chi connectivity index (χ1v) is 11.2. The zero-order chi connectivity index (χ0) is 19.2. The van der Waals surface area contributed by atoms with Gasteiger partial charge in [0.15, 0.2) is 0 Å². The number of aryl methyl sites for hydroxylation is 1. The van der Waals surface area contributed by atoms with Crippen LogP contribution in [0.15, 0.2) is 36.4 Å². The number of benzene rings is 1. The summed E-state index contributed by atoms with van der Waals surface area (Å²) < 4.78 is 11.1. The van der Waals surface area contributed by atoms with E-state index >= 15 is 0 Å². The Morgan fingerprint density at radius 3 is 2.00 bits per heavy atom. The molecule has 0 spiro atoms. The highest BCUT2D eigenvalue weighted by molar-refractivity contribution is 5.27. The van der Waals surface area contributed by atoms with Crippen molar-refractivity contribution >= 4 is 0 Å². The summed E-state index contributed by atoms with van der Waals surface area (Å²) in [7, 11) is 0. The summed E-state index contributed by atoms with van der Waals surface area (Å²) in [6, 6.07) is 8.61. The second kappa shape index (κ2) is 13.0. The van der Waals surface area contributed by atoms with Crippen molar-refractivity contribution in [3.05, 3.63) is 42.0 Å². The summed E-state index contributed by atoms with van der Waals surface area (Å²) >= 11 is 0. The monoisotopic (exact) mass is 372 g/mol. The van der Waals surface area contributed by atoms with Crippen molar-refractivity contribution in [1.82, 2.24) is 0 Å². The predicted octanol–water partition coefficient (Wildman–Crippen LogP) is 7.26. The maximum absolute atomic E-state index is 5.78. The lowest BCUT2D eigenvalue weighted by molar-refractivity contribution is 0.202. The van der Waals surface area contributed by atoms with Crippen LogP contribution in [0.25, 0.3) is 0 Å². The highest BCUT2D eigenvalue weighted by Gasteiger charge is 2.40. The highest BCUT2D eigenvalue weighted by atomic mass is 16.6. The zero-order valence-corrected chi connectivity index (χ0v) is 17.7. The third-order valence-electron chi connectivity index (χ3n) is 5.43. The second-order valence-electron chi connectivity index (χ2n) is 8.31. The second-order valence-corrected chi connectivity index (χ2v) is 8.31. The normalized spacial score (nSPS) is 18.9. The molecule has 27 heavy (non-hydrogen) atoms. The van der Waals surface area contributed by atoms with E-state index in [1.165, 1.54) is 82.6 Å². The van der Waals surface area contributed by atoms with E-state index in [-0.39, 0.29) is 5.60 Å². The molecule has 1 heterocycles. The summed E-state index contributed by atoms with van der Waals surface area (Å²) in [6.07, 6.45) is 20.8. The predicted molar refractivity (Wildman–Crippen MR) is 116 cm³/mol. The van der Waals surface area contributed by atoms with Crippen LogP contribution in [0.1, 0.15) is 90.0 Å². The Labute approximate surface area is 167 Å². The van der Waals surface area contributed by atoms with E-state index in [2.05, 4.69) is 50.3 Å². The van der Waals surface area contributed by atoms with Crippen molar-refractivity contribution in [2.75, 3.05) is 13.2 Å². The van der Waals surface area contributed by atoms with Crippen LogP contribution in [-0.2, 0) is 11.2 Å². The van der Waals surface area contributed by atoms with Crippen LogP contribution in [0.5, 0.6) is 5.75 Å². The van der Waals surface area contributed by atoms with Gasteiger partial charge in [0, 0.05) is 0 Å². The van der Waals surface area contributed by atoms with Gasteiger partial charge in [-0.2, -0.15) is 0 Å². The van der Waals surface area contributed by atoms with E-state index in [1.807, 2.05) is 0 Å². The summed E-state index contributed by atoms with van der Waals surface area (Å²) in [5.41, 5.74) is 1.39. The Balaban J connectivity index is 1.38. The molecule has 0 saturated carbocycles. The summed E-state index contributed by atoms with van der Waals surface area (Å²) in [5.74, 6) is 0.956. The smallest absolute Gasteiger partial charge is 0.123 e. The average molecular weight is 373 g/mol. The lowest BCUT2D eigenvalue weighted by Crippen LogP contribution is -2.16. The third kappa shape index (κ3) is 10.6. The molecule has 0 aliphatic carbocycles. The Kier molecular flexibility index (Phi) is 10.6. The molecule has 1 saturated heterocycles. The Morgan fingerprint density at radius 2 is 1.44 bits per heavy atom. The van der Waals surface area contributed by atoms with E-state index in [0.29, 0.717) is 6.61 Å². The quantitative estimate of drug-likeness (QED) is 0.173. The van der Waals surface area contributed by atoms with E-state index in [9.17, 15) is 0 Å². The van der Waals surface area contributed by atoms with Crippen LogP contribution in [0.3, 0.4) is 0 Å². The van der Waals surface area contributed by atoms with Gasteiger partial charge in [-0.15, -0.1) is 0 Å². The standard InChI is InChI=1S/C25H40O2/c1-3-4-5-6-7-8-9-10-11-12-13-14-15-16-23-17-19-24(20-18-23)26-21-25(2)22-27-25/h3-4,17-20H,5-16,21-22H2,1-2H3/b4-3+. The molecule has 1 fully saturated rings. The number of rotatable bonds is 16. The lowest BCUT2D eigenvalue weighted by Gasteiger charge is -2.09. The van der Waals surface area contributed by atoms with Crippen molar-refractivity contribution in [2.45, 2.75) is 96.5 Å². The van der Waals surface area contributed by atoms with Crippen LogP contribution >= 0.6 is 0 Å². The summed E-state index contributed by atoms with van der Waals surface area (Å²) in [5, 5.41) is 0. The van der Waals surface area contributed by atoms with Gasteiger partial charge in [0.25, 0.3) is 0 Å². The van der Waals surface area contributed by atoms with E-state index in [0.717, 1.165) is 12.4 Å². The number of ether oxygens (including phenoxy) is 2. The fraction of sp³-hybridized carbons (Fsp3) is 0.680. The van der Waals surface area contributed by atoms with Gasteiger partial charge in [0.2, 0.25) is 0 Å². The van der Waals surface area contributed by atoms with Gasteiger partial charge in [-0.25, -0.2) is 0 Å². The van der Waals surface area contributed by atoms with E-state index in [4.69, 9.17) is 9.47 Å². The van der Waals surface area contributed by atoms with Crippen LogP contribution in [0, 0.1) is 0 Å². The molecule has 0 N–H and O–H groups in total. The molecule has 1 aliphatic heterocycles. The SMILES string of the molecule is C/C=C/CCCCCCCCCCCCc1ccc(OCC2(C)CO2)cc1.